The topological polar surface area (TPSA) is 40.5 Å². The van der Waals surface area contributed by atoms with E-state index >= 15 is 0 Å². The summed E-state index contributed by atoms with van der Waals surface area (Å²) in [7, 11) is 0. The summed E-state index contributed by atoms with van der Waals surface area (Å²) < 4.78 is 0. The minimum atomic E-state index is -0.752. The van der Waals surface area contributed by atoms with Crippen molar-refractivity contribution in [2.24, 2.45) is 0 Å². The molecule has 1 rings (SSSR count). The fourth-order valence-electron chi connectivity index (χ4n) is 1.72. The number of aliphatic carboxylic acids is 1. The lowest BCUT2D eigenvalue weighted by Crippen LogP contribution is -2.45. The molecule has 0 fully saturated rings. The van der Waals surface area contributed by atoms with Gasteiger partial charge in [-0.2, -0.15) is 0 Å². The molecule has 0 amide bonds. The lowest BCUT2D eigenvalue weighted by molar-refractivity contribution is -0.143. The highest BCUT2D eigenvalue weighted by Gasteiger charge is 2.30. The standard InChI is InChI=1S/C9H15NO2/c1-6-4-5-7(2)10(6)8(3)9(11)12/h4-8H,1-3H3,(H,11,12). The van der Waals surface area contributed by atoms with Crippen molar-refractivity contribution in [3.63, 3.8) is 0 Å². The van der Waals surface area contributed by atoms with E-state index in [-0.39, 0.29) is 12.1 Å². The van der Waals surface area contributed by atoms with Crippen LogP contribution >= 0.6 is 0 Å². The van der Waals surface area contributed by atoms with Gasteiger partial charge in [-0.1, -0.05) is 12.2 Å². The summed E-state index contributed by atoms with van der Waals surface area (Å²) in [5.41, 5.74) is 0. The molecule has 0 saturated heterocycles. The number of hydrogen-bond acceptors (Lipinski definition) is 2. The molecule has 0 bridgehead atoms. The Labute approximate surface area is 72.7 Å². The van der Waals surface area contributed by atoms with Gasteiger partial charge in [0.2, 0.25) is 0 Å². The van der Waals surface area contributed by atoms with Gasteiger partial charge in [0.1, 0.15) is 6.04 Å². The van der Waals surface area contributed by atoms with Crippen molar-refractivity contribution in [3.8, 4) is 0 Å². The van der Waals surface area contributed by atoms with Crippen LogP contribution in [0.1, 0.15) is 20.8 Å². The van der Waals surface area contributed by atoms with E-state index < -0.39 is 12.0 Å². The molecule has 0 radical (unpaired) electrons. The maximum absolute atomic E-state index is 10.7. The fraction of sp³-hybridized carbons (Fsp3) is 0.667. The molecular formula is C9H15NO2. The first-order chi connectivity index (χ1) is 5.54. The van der Waals surface area contributed by atoms with E-state index in [0.717, 1.165) is 0 Å². The van der Waals surface area contributed by atoms with Crippen LogP contribution < -0.4 is 0 Å². The number of hydrogen-bond donors (Lipinski definition) is 1. The largest absolute Gasteiger partial charge is 0.480 e. The normalized spacial score (nSPS) is 32.2. The molecule has 1 aliphatic heterocycles. The molecule has 3 nitrogen and oxygen atoms in total. The zero-order valence-electron chi connectivity index (χ0n) is 7.69. The van der Waals surface area contributed by atoms with Crippen LogP contribution in [0.15, 0.2) is 12.2 Å². The van der Waals surface area contributed by atoms with E-state index in [1.54, 1.807) is 6.92 Å². The van der Waals surface area contributed by atoms with Crippen LogP contribution in [0.4, 0.5) is 0 Å². The quantitative estimate of drug-likeness (QED) is 0.629. The summed E-state index contributed by atoms with van der Waals surface area (Å²) in [4.78, 5) is 12.7. The Hall–Kier alpha value is -0.830. The molecule has 0 aromatic heterocycles. The van der Waals surface area contributed by atoms with E-state index in [2.05, 4.69) is 0 Å². The first-order valence-corrected chi connectivity index (χ1v) is 4.22. The summed E-state index contributed by atoms with van der Waals surface area (Å²) in [6, 6.07) is 0.0854. The highest BCUT2D eigenvalue weighted by Crippen LogP contribution is 2.19. The van der Waals surface area contributed by atoms with Crippen molar-refractivity contribution in [1.29, 1.82) is 0 Å². The van der Waals surface area contributed by atoms with Crippen molar-refractivity contribution in [2.45, 2.75) is 38.9 Å². The summed E-state index contributed by atoms with van der Waals surface area (Å²) in [6.45, 7) is 5.75. The van der Waals surface area contributed by atoms with Crippen molar-refractivity contribution < 1.29 is 9.90 Å². The second kappa shape index (κ2) is 3.27. The Kier molecular flexibility index (Phi) is 2.52. The molecule has 0 spiro atoms. The third kappa shape index (κ3) is 1.50. The maximum Gasteiger partial charge on any atom is 0.320 e. The fourth-order valence-corrected chi connectivity index (χ4v) is 1.72. The molecule has 12 heavy (non-hydrogen) atoms. The maximum atomic E-state index is 10.7. The van der Waals surface area contributed by atoms with E-state index in [0.29, 0.717) is 0 Å². The Balaban J connectivity index is 2.69. The van der Waals surface area contributed by atoms with E-state index in [1.807, 2.05) is 30.9 Å². The smallest absolute Gasteiger partial charge is 0.320 e. The lowest BCUT2D eigenvalue weighted by Gasteiger charge is -2.29. The number of nitrogens with zero attached hydrogens (tertiary/aromatic N) is 1. The third-order valence-corrected chi connectivity index (χ3v) is 2.41. The van der Waals surface area contributed by atoms with Crippen molar-refractivity contribution in [2.75, 3.05) is 0 Å². The molecule has 1 aliphatic rings. The molecule has 3 atom stereocenters. The van der Waals surface area contributed by atoms with Crippen LogP contribution in [-0.4, -0.2) is 34.1 Å². The SMILES string of the molecule is CC1C=CC(C)N1C(C)C(=O)O. The number of carbonyl (C=O) groups is 1. The molecule has 0 aromatic carbocycles. The number of carboxylic acids is 1. The van der Waals surface area contributed by atoms with Gasteiger partial charge in [0.15, 0.2) is 0 Å². The molecule has 0 saturated carbocycles. The van der Waals surface area contributed by atoms with Crippen LogP contribution in [-0.2, 0) is 4.79 Å². The Morgan fingerprint density at radius 1 is 1.42 bits per heavy atom. The van der Waals surface area contributed by atoms with Gasteiger partial charge in [-0.25, -0.2) is 0 Å². The van der Waals surface area contributed by atoms with Gasteiger partial charge in [0, 0.05) is 12.1 Å². The lowest BCUT2D eigenvalue weighted by atomic mass is 10.2. The molecule has 1 heterocycles. The van der Waals surface area contributed by atoms with Crippen LogP contribution in [0.5, 0.6) is 0 Å². The van der Waals surface area contributed by atoms with Gasteiger partial charge < -0.3 is 5.11 Å². The van der Waals surface area contributed by atoms with Gasteiger partial charge in [-0.05, 0) is 20.8 Å². The Morgan fingerprint density at radius 3 is 2.17 bits per heavy atom. The molecule has 0 aromatic rings. The van der Waals surface area contributed by atoms with Crippen LogP contribution in [0.3, 0.4) is 0 Å². The number of rotatable bonds is 2. The van der Waals surface area contributed by atoms with Gasteiger partial charge in [0.25, 0.3) is 0 Å². The summed E-state index contributed by atoms with van der Waals surface area (Å²) in [6.07, 6.45) is 4.09. The predicted molar refractivity (Wildman–Crippen MR) is 47.0 cm³/mol. The Morgan fingerprint density at radius 2 is 1.83 bits per heavy atom. The monoisotopic (exact) mass is 169 g/mol. The van der Waals surface area contributed by atoms with Gasteiger partial charge in [-0.3, -0.25) is 9.69 Å². The van der Waals surface area contributed by atoms with E-state index in [9.17, 15) is 4.79 Å². The van der Waals surface area contributed by atoms with Crippen molar-refractivity contribution >= 4 is 5.97 Å². The molecule has 68 valence electrons. The summed E-state index contributed by atoms with van der Waals surface area (Å²) in [5, 5.41) is 8.81. The van der Waals surface area contributed by atoms with Gasteiger partial charge in [-0.15, -0.1) is 0 Å². The minimum absolute atomic E-state index is 0.242. The van der Waals surface area contributed by atoms with Crippen molar-refractivity contribution in [1.82, 2.24) is 4.90 Å². The average Bonchev–Trinajstić information content (AvgIpc) is 2.30. The van der Waals surface area contributed by atoms with E-state index in [1.165, 1.54) is 0 Å². The molecule has 3 unspecified atom stereocenters. The highest BCUT2D eigenvalue weighted by atomic mass is 16.4. The Bertz CT molecular complexity index is 201. The van der Waals surface area contributed by atoms with Crippen LogP contribution in [0.2, 0.25) is 0 Å². The predicted octanol–water partition coefficient (Wildman–Crippen LogP) is 1.11. The molecule has 0 aliphatic carbocycles. The van der Waals surface area contributed by atoms with Crippen molar-refractivity contribution in [3.05, 3.63) is 12.2 Å². The highest BCUT2D eigenvalue weighted by molar-refractivity contribution is 5.73. The molecule has 1 N–H and O–H groups in total. The molecular weight excluding hydrogens is 154 g/mol. The minimum Gasteiger partial charge on any atom is -0.480 e. The van der Waals surface area contributed by atoms with Gasteiger partial charge in [0.05, 0.1) is 0 Å². The summed E-state index contributed by atoms with van der Waals surface area (Å²) >= 11 is 0. The van der Waals surface area contributed by atoms with E-state index in [4.69, 9.17) is 5.11 Å². The average molecular weight is 169 g/mol. The number of carboxylic acid groups (broad SMARTS) is 1. The van der Waals surface area contributed by atoms with Crippen LogP contribution in [0.25, 0.3) is 0 Å². The third-order valence-electron chi connectivity index (χ3n) is 2.41. The second-order valence-corrected chi connectivity index (χ2v) is 3.33. The zero-order valence-corrected chi connectivity index (χ0v) is 7.69. The summed E-state index contributed by atoms with van der Waals surface area (Å²) in [5.74, 6) is -0.752. The molecule has 3 heteroatoms. The van der Waals surface area contributed by atoms with Gasteiger partial charge >= 0.3 is 5.97 Å². The zero-order chi connectivity index (χ0) is 9.30. The second-order valence-electron chi connectivity index (χ2n) is 3.33. The van der Waals surface area contributed by atoms with Crippen LogP contribution in [0, 0.1) is 0 Å². The first kappa shape index (κ1) is 9.26. The first-order valence-electron chi connectivity index (χ1n) is 4.22.